The number of aromatic nitrogens is 2. The minimum absolute atomic E-state index is 0.0999. The van der Waals surface area contributed by atoms with Crippen LogP contribution in [-0.4, -0.2) is 22.4 Å². The van der Waals surface area contributed by atoms with Crippen molar-refractivity contribution in [2.45, 2.75) is 13.5 Å². The molecule has 0 saturated carbocycles. The number of ether oxygens (including phenoxy) is 2. The van der Waals surface area contributed by atoms with Crippen LogP contribution in [-0.2, 0) is 11.3 Å². The van der Waals surface area contributed by atoms with E-state index in [1.807, 2.05) is 30.3 Å². The van der Waals surface area contributed by atoms with Crippen molar-refractivity contribution in [2.75, 3.05) is 6.61 Å². The average molecular weight is 340 g/mol. The summed E-state index contributed by atoms with van der Waals surface area (Å²) >= 11 is 0. The molecule has 0 aliphatic heterocycles. The van der Waals surface area contributed by atoms with Crippen molar-refractivity contribution in [2.24, 2.45) is 0 Å². The monoisotopic (exact) mass is 340 g/mol. The number of hydrogen-bond donors (Lipinski definition) is 0. The summed E-state index contributed by atoms with van der Waals surface area (Å²) in [7, 11) is 0. The van der Waals surface area contributed by atoms with Gasteiger partial charge in [0.25, 0.3) is 0 Å². The highest BCUT2D eigenvalue weighted by molar-refractivity contribution is 5.91. The molecule has 0 saturated heterocycles. The quantitative estimate of drug-likeness (QED) is 0.641. The minimum Gasteiger partial charge on any atom is -0.472 e. The number of para-hydroxylation sites is 1. The number of benzene rings is 2. The summed E-state index contributed by atoms with van der Waals surface area (Å²) in [4.78, 5) is 12.2. The molecule has 0 spiro atoms. The molecule has 0 fully saturated rings. The summed E-state index contributed by atoms with van der Waals surface area (Å²) in [6.45, 7) is 2.08. The fraction of sp³-hybridized carbons (Fsp3) is 0.158. The van der Waals surface area contributed by atoms with Crippen molar-refractivity contribution in [3.05, 3.63) is 77.7 Å². The molecule has 0 atom stereocenters. The number of halogens is 1. The minimum atomic E-state index is -0.515. The zero-order valence-corrected chi connectivity index (χ0v) is 13.7. The van der Waals surface area contributed by atoms with Crippen molar-refractivity contribution >= 4 is 5.97 Å². The van der Waals surface area contributed by atoms with Crippen molar-refractivity contribution in [3.63, 3.8) is 0 Å². The largest absolute Gasteiger partial charge is 0.472 e. The molecule has 1 aromatic heterocycles. The van der Waals surface area contributed by atoms with Crippen LogP contribution in [0.4, 0.5) is 4.39 Å². The van der Waals surface area contributed by atoms with E-state index in [1.54, 1.807) is 19.1 Å². The first-order valence-electron chi connectivity index (χ1n) is 7.87. The molecule has 128 valence electrons. The number of nitrogens with zero attached hydrogens (tertiary/aromatic N) is 2. The maximum absolute atomic E-state index is 13.3. The van der Waals surface area contributed by atoms with E-state index in [2.05, 4.69) is 5.10 Å². The summed E-state index contributed by atoms with van der Waals surface area (Å²) < 4.78 is 25.7. The van der Waals surface area contributed by atoms with Crippen LogP contribution in [0.2, 0.25) is 0 Å². The summed E-state index contributed by atoms with van der Waals surface area (Å²) in [5, 5.41) is 4.24. The molecule has 0 N–H and O–H groups in total. The molecular weight excluding hydrogens is 323 g/mol. The Labute approximate surface area is 144 Å². The molecule has 5 nitrogen and oxygen atoms in total. The van der Waals surface area contributed by atoms with E-state index in [4.69, 9.17) is 9.47 Å². The van der Waals surface area contributed by atoms with Crippen molar-refractivity contribution in [1.29, 1.82) is 0 Å². The third-order valence-corrected chi connectivity index (χ3v) is 3.49. The van der Waals surface area contributed by atoms with Gasteiger partial charge in [-0.15, -0.1) is 0 Å². The third-order valence-electron chi connectivity index (χ3n) is 3.49. The first-order valence-corrected chi connectivity index (χ1v) is 7.87. The van der Waals surface area contributed by atoms with Gasteiger partial charge in [-0.2, -0.15) is 5.10 Å². The number of carbonyl (C=O) groups excluding carboxylic acids is 1. The lowest BCUT2D eigenvalue weighted by atomic mass is 10.2. The summed E-state index contributed by atoms with van der Waals surface area (Å²) in [6.07, 6.45) is 1.41. The smallest absolute Gasteiger partial charge is 0.345 e. The van der Waals surface area contributed by atoms with Crippen LogP contribution >= 0.6 is 0 Å². The lowest BCUT2D eigenvalue weighted by Crippen LogP contribution is -2.09. The Kier molecular flexibility index (Phi) is 5.09. The highest BCUT2D eigenvalue weighted by atomic mass is 19.1. The second kappa shape index (κ2) is 7.61. The number of hydrogen-bond acceptors (Lipinski definition) is 4. The van der Waals surface area contributed by atoms with Gasteiger partial charge in [-0.25, -0.2) is 13.9 Å². The number of rotatable bonds is 6. The Balaban J connectivity index is 1.93. The van der Waals surface area contributed by atoms with Crippen LogP contribution < -0.4 is 4.74 Å². The second-order valence-corrected chi connectivity index (χ2v) is 5.25. The van der Waals surface area contributed by atoms with Crippen LogP contribution in [0.25, 0.3) is 5.69 Å². The predicted molar refractivity (Wildman–Crippen MR) is 90.3 cm³/mol. The van der Waals surface area contributed by atoms with Gasteiger partial charge in [0.15, 0.2) is 0 Å². The van der Waals surface area contributed by atoms with Crippen LogP contribution in [0.5, 0.6) is 5.88 Å². The molecule has 6 heteroatoms. The lowest BCUT2D eigenvalue weighted by Gasteiger charge is -2.11. The van der Waals surface area contributed by atoms with Crippen LogP contribution in [0.1, 0.15) is 22.8 Å². The van der Waals surface area contributed by atoms with Gasteiger partial charge in [-0.3, -0.25) is 0 Å². The summed E-state index contributed by atoms with van der Waals surface area (Å²) in [6, 6.07) is 15.4. The number of carbonyl (C=O) groups is 1. The first kappa shape index (κ1) is 16.7. The summed E-state index contributed by atoms with van der Waals surface area (Å²) in [5.74, 6) is -0.601. The highest BCUT2D eigenvalue weighted by Gasteiger charge is 2.21. The molecule has 0 amide bonds. The molecule has 0 bridgehead atoms. The molecule has 25 heavy (non-hydrogen) atoms. The Morgan fingerprint density at radius 3 is 2.68 bits per heavy atom. The van der Waals surface area contributed by atoms with Crippen molar-refractivity contribution < 1.29 is 18.7 Å². The van der Waals surface area contributed by atoms with Gasteiger partial charge in [0, 0.05) is 0 Å². The van der Waals surface area contributed by atoms with Gasteiger partial charge in [0.1, 0.15) is 18.0 Å². The van der Waals surface area contributed by atoms with E-state index in [-0.39, 0.29) is 30.5 Å². The van der Waals surface area contributed by atoms with E-state index in [9.17, 15) is 9.18 Å². The van der Waals surface area contributed by atoms with Gasteiger partial charge < -0.3 is 9.47 Å². The van der Waals surface area contributed by atoms with Gasteiger partial charge in [-0.1, -0.05) is 30.3 Å². The zero-order valence-electron chi connectivity index (χ0n) is 13.7. The molecule has 3 aromatic rings. The highest BCUT2D eigenvalue weighted by Crippen LogP contribution is 2.24. The van der Waals surface area contributed by atoms with E-state index >= 15 is 0 Å². The standard InChI is InChI=1S/C19H17FN2O3/c1-2-24-19(23)17-12-21-22(16-9-4-3-5-10-16)18(17)25-13-14-7-6-8-15(20)11-14/h3-12H,2,13H2,1H3. The molecule has 0 aliphatic carbocycles. The fourth-order valence-corrected chi connectivity index (χ4v) is 2.36. The summed E-state index contributed by atoms with van der Waals surface area (Å²) in [5.41, 5.74) is 1.62. The van der Waals surface area contributed by atoms with Gasteiger partial charge in [0.2, 0.25) is 5.88 Å². The Morgan fingerprint density at radius 2 is 1.96 bits per heavy atom. The molecule has 0 aliphatic rings. The van der Waals surface area contributed by atoms with Crippen molar-refractivity contribution in [3.8, 4) is 11.6 Å². The third kappa shape index (κ3) is 3.85. The van der Waals surface area contributed by atoms with Gasteiger partial charge in [0.05, 0.1) is 18.5 Å². The maximum atomic E-state index is 13.3. The second-order valence-electron chi connectivity index (χ2n) is 5.25. The van der Waals surface area contributed by atoms with E-state index in [0.717, 1.165) is 5.69 Å². The maximum Gasteiger partial charge on any atom is 0.345 e. The van der Waals surface area contributed by atoms with E-state index < -0.39 is 5.97 Å². The molecule has 0 radical (unpaired) electrons. The van der Waals surface area contributed by atoms with Gasteiger partial charge in [-0.05, 0) is 36.8 Å². The van der Waals surface area contributed by atoms with E-state index in [0.29, 0.717) is 5.56 Å². The fourth-order valence-electron chi connectivity index (χ4n) is 2.36. The van der Waals surface area contributed by atoms with Gasteiger partial charge >= 0.3 is 5.97 Å². The zero-order chi connectivity index (χ0) is 17.6. The SMILES string of the molecule is CCOC(=O)c1cnn(-c2ccccc2)c1OCc1cccc(F)c1. The first-order chi connectivity index (χ1) is 12.2. The number of esters is 1. The molecule has 2 aromatic carbocycles. The predicted octanol–water partition coefficient (Wildman–Crippen LogP) is 3.77. The molecule has 0 unspecified atom stereocenters. The molecular formula is C19H17FN2O3. The van der Waals surface area contributed by atoms with Crippen LogP contribution in [0, 0.1) is 5.82 Å². The average Bonchev–Trinajstić information content (AvgIpc) is 3.05. The van der Waals surface area contributed by atoms with E-state index in [1.165, 1.54) is 23.0 Å². The molecule has 1 heterocycles. The Bertz CT molecular complexity index is 862. The lowest BCUT2D eigenvalue weighted by molar-refractivity contribution is 0.0521. The molecule has 3 rings (SSSR count). The normalized spacial score (nSPS) is 10.5. The van der Waals surface area contributed by atoms with Crippen LogP contribution in [0.15, 0.2) is 60.8 Å². The van der Waals surface area contributed by atoms with Crippen molar-refractivity contribution in [1.82, 2.24) is 9.78 Å². The topological polar surface area (TPSA) is 53.3 Å². The Hall–Kier alpha value is -3.15. The Morgan fingerprint density at radius 1 is 1.16 bits per heavy atom. The van der Waals surface area contributed by atoms with Crippen LogP contribution in [0.3, 0.4) is 0 Å².